The molecule has 0 bridgehead atoms. The SMILES string of the molecule is O=C(Cl)c1ccc(Cl)cc1.c1ccncc1. The molecule has 0 radical (unpaired) electrons. The van der Waals surface area contributed by atoms with Gasteiger partial charge in [0, 0.05) is 23.0 Å². The van der Waals surface area contributed by atoms with E-state index in [1.807, 2.05) is 18.2 Å². The van der Waals surface area contributed by atoms with Crippen molar-refractivity contribution in [3.05, 3.63) is 65.4 Å². The van der Waals surface area contributed by atoms with Gasteiger partial charge in [-0.3, -0.25) is 9.78 Å². The highest BCUT2D eigenvalue weighted by atomic mass is 35.5. The van der Waals surface area contributed by atoms with Crippen LogP contribution < -0.4 is 0 Å². The molecule has 0 fully saturated rings. The molecule has 1 heterocycles. The smallest absolute Gasteiger partial charge is 0.252 e. The van der Waals surface area contributed by atoms with E-state index in [1.165, 1.54) is 0 Å². The number of carbonyl (C=O) groups is 1. The number of hydrogen-bond acceptors (Lipinski definition) is 2. The van der Waals surface area contributed by atoms with Crippen molar-refractivity contribution in [1.82, 2.24) is 4.98 Å². The predicted octanol–water partition coefficient (Wildman–Crippen LogP) is 3.80. The third-order valence-corrected chi connectivity index (χ3v) is 2.11. The Morgan fingerprint density at radius 1 is 1.00 bits per heavy atom. The molecule has 1 aromatic heterocycles. The maximum atomic E-state index is 10.5. The van der Waals surface area contributed by atoms with Gasteiger partial charge in [0.1, 0.15) is 0 Å². The predicted molar refractivity (Wildman–Crippen MR) is 65.9 cm³/mol. The quantitative estimate of drug-likeness (QED) is 0.724. The molecule has 0 spiro atoms. The first-order valence-electron chi connectivity index (χ1n) is 4.50. The first kappa shape index (κ1) is 12.7. The van der Waals surface area contributed by atoms with Gasteiger partial charge in [-0.2, -0.15) is 0 Å². The number of carbonyl (C=O) groups excluding carboxylic acids is 1. The van der Waals surface area contributed by atoms with Crippen LogP contribution in [0.3, 0.4) is 0 Å². The third-order valence-electron chi connectivity index (χ3n) is 1.64. The van der Waals surface area contributed by atoms with Crippen LogP contribution in [0, 0.1) is 0 Å². The van der Waals surface area contributed by atoms with Crippen LogP contribution in [-0.2, 0) is 0 Å². The zero-order valence-corrected chi connectivity index (χ0v) is 9.82. The van der Waals surface area contributed by atoms with Crippen LogP contribution >= 0.6 is 23.2 Å². The summed E-state index contributed by atoms with van der Waals surface area (Å²) in [6.07, 6.45) is 3.50. The number of pyridine rings is 1. The Hall–Kier alpha value is -1.38. The van der Waals surface area contributed by atoms with E-state index >= 15 is 0 Å². The van der Waals surface area contributed by atoms with Crippen molar-refractivity contribution >= 4 is 28.4 Å². The van der Waals surface area contributed by atoms with Crippen LogP contribution in [0.5, 0.6) is 0 Å². The average Bonchev–Trinajstić information content (AvgIpc) is 2.32. The summed E-state index contributed by atoms with van der Waals surface area (Å²) in [6.45, 7) is 0. The minimum Gasteiger partial charge on any atom is -0.276 e. The molecule has 16 heavy (non-hydrogen) atoms. The maximum absolute atomic E-state index is 10.5. The first-order chi connectivity index (χ1) is 7.70. The van der Waals surface area contributed by atoms with Crippen molar-refractivity contribution in [2.75, 3.05) is 0 Å². The molecule has 0 N–H and O–H groups in total. The van der Waals surface area contributed by atoms with Gasteiger partial charge in [-0.15, -0.1) is 0 Å². The second kappa shape index (κ2) is 6.99. The van der Waals surface area contributed by atoms with Gasteiger partial charge in [-0.25, -0.2) is 0 Å². The zero-order chi connectivity index (χ0) is 11.8. The Bertz CT molecular complexity index is 402. The van der Waals surface area contributed by atoms with E-state index < -0.39 is 5.24 Å². The van der Waals surface area contributed by atoms with Gasteiger partial charge in [0.25, 0.3) is 5.24 Å². The van der Waals surface area contributed by atoms with E-state index in [9.17, 15) is 4.79 Å². The van der Waals surface area contributed by atoms with Crippen molar-refractivity contribution in [3.63, 3.8) is 0 Å². The molecule has 2 nitrogen and oxygen atoms in total. The van der Waals surface area contributed by atoms with Crippen LogP contribution in [-0.4, -0.2) is 10.2 Å². The van der Waals surface area contributed by atoms with E-state index in [2.05, 4.69) is 4.98 Å². The van der Waals surface area contributed by atoms with Gasteiger partial charge in [0.15, 0.2) is 0 Å². The Kier molecular flexibility index (Phi) is 5.54. The lowest BCUT2D eigenvalue weighted by Gasteiger charge is -1.91. The third kappa shape index (κ3) is 4.91. The molecule has 82 valence electrons. The van der Waals surface area contributed by atoms with Gasteiger partial charge in [-0.1, -0.05) is 17.7 Å². The molecule has 0 amide bonds. The van der Waals surface area contributed by atoms with Gasteiger partial charge < -0.3 is 0 Å². The monoisotopic (exact) mass is 253 g/mol. The van der Waals surface area contributed by atoms with Crippen LogP contribution in [0.4, 0.5) is 0 Å². The fourth-order valence-corrected chi connectivity index (χ4v) is 1.15. The molecule has 0 saturated carbocycles. The summed E-state index contributed by atoms with van der Waals surface area (Å²) in [7, 11) is 0. The zero-order valence-electron chi connectivity index (χ0n) is 8.31. The van der Waals surface area contributed by atoms with Crippen molar-refractivity contribution in [1.29, 1.82) is 0 Å². The van der Waals surface area contributed by atoms with Gasteiger partial charge in [0.2, 0.25) is 0 Å². The number of nitrogens with zero attached hydrogens (tertiary/aromatic N) is 1. The molecule has 0 aliphatic carbocycles. The highest BCUT2D eigenvalue weighted by Crippen LogP contribution is 2.10. The summed E-state index contributed by atoms with van der Waals surface area (Å²) < 4.78 is 0. The molecular weight excluding hydrogens is 245 g/mol. The number of aromatic nitrogens is 1. The fourth-order valence-electron chi connectivity index (χ4n) is 0.894. The molecule has 0 aliphatic heterocycles. The highest BCUT2D eigenvalue weighted by molar-refractivity contribution is 6.67. The molecule has 0 atom stereocenters. The topological polar surface area (TPSA) is 30.0 Å². The summed E-state index contributed by atoms with van der Waals surface area (Å²) in [6, 6.07) is 12.1. The molecule has 0 saturated heterocycles. The van der Waals surface area contributed by atoms with E-state index in [1.54, 1.807) is 36.7 Å². The van der Waals surface area contributed by atoms with E-state index in [4.69, 9.17) is 23.2 Å². The van der Waals surface area contributed by atoms with Crippen LogP contribution in [0.1, 0.15) is 10.4 Å². The largest absolute Gasteiger partial charge is 0.276 e. The summed E-state index contributed by atoms with van der Waals surface area (Å²) >= 11 is 10.7. The molecule has 2 aromatic rings. The summed E-state index contributed by atoms with van der Waals surface area (Å²) in [5.74, 6) is 0. The van der Waals surface area contributed by atoms with Crippen molar-refractivity contribution in [2.45, 2.75) is 0 Å². The summed E-state index contributed by atoms with van der Waals surface area (Å²) in [5.41, 5.74) is 0.464. The molecule has 0 aliphatic rings. The van der Waals surface area contributed by atoms with Crippen molar-refractivity contribution in [3.8, 4) is 0 Å². The fraction of sp³-hybridized carbons (Fsp3) is 0. The number of benzene rings is 1. The van der Waals surface area contributed by atoms with Crippen molar-refractivity contribution in [2.24, 2.45) is 0 Å². The first-order valence-corrected chi connectivity index (χ1v) is 5.26. The molecule has 0 unspecified atom stereocenters. The van der Waals surface area contributed by atoms with E-state index in [0.717, 1.165) is 0 Å². The molecule has 1 aromatic carbocycles. The van der Waals surface area contributed by atoms with Gasteiger partial charge in [0.05, 0.1) is 0 Å². The van der Waals surface area contributed by atoms with Gasteiger partial charge in [-0.05, 0) is 48.0 Å². The van der Waals surface area contributed by atoms with Crippen LogP contribution in [0.25, 0.3) is 0 Å². The second-order valence-corrected chi connectivity index (χ2v) is 3.58. The average molecular weight is 254 g/mol. The number of rotatable bonds is 1. The number of hydrogen-bond donors (Lipinski definition) is 0. The summed E-state index contributed by atoms with van der Waals surface area (Å²) in [5, 5.41) is 0.137. The Morgan fingerprint density at radius 2 is 1.56 bits per heavy atom. The lowest BCUT2D eigenvalue weighted by atomic mass is 10.2. The van der Waals surface area contributed by atoms with E-state index in [0.29, 0.717) is 10.6 Å². The number of halogens is 2. The lowest BCUT2D eigenvalue weighted by Crippen LogP contribution is -1.85. The lowest BCUT2D eigenvalue weighted by molar-refractivity contribution is 0.108. The second-order valence-electron chi connectivity index (χ2n) is 2.81. The molecule has 4 heteroatoms. The van der Waals surface area contributed by atoms with Crippen LogP contribution in [0.15, 0.2) is 54.9 Å². The normalized spacial score (nSPS) is 8.88. The Balaban J connectivity index is 0.000000181. The standard InChI is InChI=1S/C7H4Cl2O.C5H5N/c8-6-3-1-5(2-4-6)7(9)10;1-2-4-6-5-3-1/h1-4H;1-5H. The minimum atomic E-state index is -0.461. The van der Waals surface area contributed by atoms with E-state index in [-0.39, 0.29) is 0 Å². The van der Waals surface area contributed by atoms with Crippen LogP contribution in [0.2, 0.25) is 5.02 Å². The molecule has 2 rings (SSSR count). The van der Waals surface area contributed by atoms with Crippen molar-refractivity contribution < 1.29 is 4.79 Å². The summed E-state index contributed by atoms with van der Waals surface area (Å²) in [4.78, 5) is 14.3. The molecular formula is C12H9Cl2NO. The Labute approximate surface area is 104 Å². The Morgan fingerprint density at radius 3 is 1.88 bits per heavy atom. The minimum absolute atomic E-state index is 0.461. The maximum Gasteiger partial charge on any atom is 0.252 e. The highest BCUT2D eigenvalue weighted by Gasteiger charge is 1.98. The van der Waals surface area contributed by atoms with Gasteiger partial charge >= 0.3 is 0 Å².